The zero-order valence-electron chi connectivity index (χ0n) is 12.3. The zero-order valence-corrected chi connectivity index (χ0v) is 12.3. The summed E-state index contributed by atoms with van der Waals surface area (Å²) >= 11 is 0. The Morgan fingerprint density at radius 2 is 1.90 bits per heavy atom. The summed E-state index contributed by atoms with van der Waals surface area (Å²) in [4.78, 5) is 0. The van der Waals surface area contributed by atoms with E-state index in [4.69, 9.17) is 4.42 Å². The average molecular weight is 271 g/mol. The summed E-state index contributed by atoms with van der Waals surface area (Å²) in [5.41, 5.74) is 1.39. The third-order valence-electron chi connectivity index (χ3n) is 3.64. The lowest BCUT2D eigenvalue weighted by atomic mass is 10.0. The number of furan rings is 1. The minimum absolute atomic E-state index is 0.456. The van der Waals surface area contributed by atoms with E-state index in [1.807, 2.05) is 12.1 Å². The fraction of sp³-hybridized carbons (Fsp3) is 0.444. The molecule has 1 atom stereocenters. The van der Waals surface area contributed by atoms with Gasteiger partial charge in [-0.2, -0.15) is 0 Å². The maximum atomic E-state index is 5.38. The SMILES string of the molecule is CCCCCC(NCCc1ccco1)c1ccccc1. The van der Waals surface area contributed by atoms with Gasteiger partial charge in [-0.25, -0.2) is 0 Å². The molecule has 2 rings (SSSR count). The van der Waals surface area contributed by atoms with Crippen molar-refractivity contribution >= 4 is 0 Å². The van der Waals surface area contributed by atoms with E-state index in [9.17, 15) is 0 Å². The molecular formula is C18H25NO. The first kappa shape index (κ1) is 14.9. The van der Waals surface area contributed by atoms with Gasteiger partial charge in [-0.05, 0) is 24.1 Å². The molecule has 108 valence electrons. The van der Waals surface area contributed by atoms with Crippen LogP contribution in [0.1, 0.15) is 50.0 Å². The van der Waals surface area contributed by atoms with Crippen LogP contribution >= 0.6 is 0 Å². The van der Waals surface area contributed by atoms with E-state index in [0.29, 0.717) is 6.04 Å². The Morgan fingerprint density at radius 1 is 1.05 bits per heavy atom. The Kier molecular flexibility index (Phi) is 6.39. The number of hydrogen-bond donors (Lipinski definition) is 1. The number of unbranched alkanes of at least 4 members (excludes halogenated alkanes) is 2. The molecule has 0 saturated heterocycles. The molecule has 1 aromatic heterocycles. The van der Waals surface area contributed by atoms with Gasteiger partial charge < -0.3 is 9.73 Å². The lowest BCUT2D eigenvalue weighted by Gasteiger charge is -2.19. The standard InChI is InChI=1S/C18H25NO/c1-2-3-5-12-18(16-9-6-4-7-10-16)19-14-13-17-11-8-15-20-17/h4,6-11,15,18-19H,2-3,5,12-14H2,1H3. The molecule has 1 N–H and O–H groups in total. The van der Waals surface area contributed by atoms with Gasteiger partial charge in [-0.3, -0.25) is 0 Å². The average Bonchev–Trinajstić information content (AvgIpc) is 3.00. The maximum absolute atomic E-state index is 5.38. The van der Waals surface area contributed by atoms with Crippen LogP contribution in [0, 0.1) is 0 Å². The highest BCUT2D eigenvalue weighted by atomic mass is 16.3. The summed E-state index contributed by atoms with van der Waals surface area (Å²) < 4.78 is 5.38. The van der Waals surface area contributed by atoms with Crippen LogP contribution in [0.4, 0.5) is 0 Å². The summed E-state index contributed by atoms with van der Waals surface area (Å²) in [6.07, 6.45) is 7.76. The van der Waals surface area contributed by atoms with Crippen LogP contribution in [0.25, 0.3) is 0 Å². The Bertz CT molecular complexity index is 450. The lowest BCUT2D eigenvalue weighted by molar-refractivity contribution is 0.452. The van der Waals surface area contributed by atoms with E-state index in [-0.39, 0.29) is 0 Å². The third kappa shape index (κ3) is 4.86. The van der Waals surface area contributed by atoms with E-state index in [0.717, 1.165) is 18.7 Å². The molecule has 0 spiro atoms. The molecular weight excluding hydrogens is 246 g/mol. The maximum Gasteiger partial charge on any atom is 0.105 e. The number of hydrogen-bond acceptors (Lipinski definition) is 2. The lowest BCUT2D eigenvalue weighted by Crippen LogP contribution is -2.23. The molecule has 1 unspecified atom stereocenters. The van der Waals surface area contributed by atoms with Crippen molar-refractivity contribution < 1.29 is 4.42 Å². The summed E-state index contributed by atoms with van der Waals surface area (Å²) in [6, 6.07) is 15.2. The highest BCUT2D eigenvalue weighted by Gasteiger charge is 2.10. The van der Waals surface area contributed by atoms with Crippen LogP contribution in [0.2, 0.25) is 0 Å². The Morgan fingerprint density at radius 3 is 2.60 bits per heavy atom. The van der Waals surface area contributed by atoms with Crippen LogP contribution in [0.3, 0.4) is 0 Å². The van der Waals surface area contributed by atoms with E-state index >= 15 is 0 Å². The normalized spacial score (nSPS) is 12.4. The molecule has 0 radical (unpaired) electrons. The number of nitrogens with one attached hydrogen (secondary N) is 1. The molecule has 0 saturated carbocycles. The second kappa shape index (κ2) is 8.60. The van der Waals surface area contributed by atoms with Gasteiger partial charge in [0, 0.05) is 19.0 Å². The van der Waals surface area contributed by atoms with Crippen molar-refractivity contribution in [1.82, 2.24) is 5.32 Å². The largest absolute Gasteiger partial charge is 0.469 e. The van der Waals surface area contributed by atoms with Gasteiger partial charge in [0.1, 0.15) is 5.76 Å². The van der Waals surface area contributed by atoms with Crippen molar-refractivity contribution in [3.05, 3.63) is 60.1 Å². The quantitative estimate of drug-likeness (QED) is 0.667. The summed E-state index contributed by atoms with van der Waals surface area (Å²) in [5.74, 6) is 1.05. The fourth-order valence-corrected chi connectivity index (χ4v) is 2.49. The molecule has 0 aliphatic rings. The van der Waals surface area contributed by atoms with Gasteiger partial charge in [0.25, 0.3) is 0 Å². The van der Waals surface area contributed by atoms with Gasteiger partial charge >= 0.3 is 0 Å². The van der Waals surface area contributed by atoms with Crippen LogP contribution in [-0.2, 0) is 6.42 Å². The van der Waals surface area contributed by atoms with E-state index in [1.54, 1.807) is 6.26 Å². The highest BCUT2D eigenvalue weighted by molar-refractivity contribution is 5.18. The number of benzene rings is 1. The van der Waals surface area contributed by atoms with E-state index < -0.39 is 0 Å². The monoisotopic (exact) mass is 271 g/mol. The van der Waals surface area contributed by atoms with E-state index in [2.05, 4.69) is 42.6 Å². The van der Waals surface area contributed by atoms with Crippen LogP contribution < -0.4 is 5.32 Å². The molecule has 0 aliphatic carbocycles. The van der Waals surface area contributed by atoms with Crippen molar-refractivity contribution in [2.75, 3.05) is 6.54 Å². The zero-order chi connectivity index (χ0) is 14.0. The smallest absolute Gasteiger partial charge is 0.105 e. The Balaban J connectivity index is 1.85. The molecule has 0 fully saturated rings. The molecule has 2 nitrogen and oxygen atoms in total. The molecule has 1 heterocycles. The first-order chi connectivity index (χ1) is 9.90. The van der Waals surface area contributed by atoms with Crippen molar-refractivity contribution in [3.63, 3.8) is 0 Å². The molecule has 20 heavy (non-hydrogen) atoms. The molecule has 1 aromatic carbocycles. The van der Waals surface area contributed by atoms with Gasteiger partial charge in [0.2, 0.25) is 0 Å². The van der Waals surface area contributed by atoms with Crippen LogP contribution in [0.15, 0.2) is 53.1 Å². The molecule has 0 amide bonds. The van der Waals surface area contributed by atoms with Crippen LogP contribution in [-0.4, -0.2) is 6.54 Å². The second-order valence-electron chi connectivity index (χ2n) is 5.24. The summed E-state index contributed by atoms with van der Waals surface area (Å²) in [5, 5.41) is 3.67. The van der Waals surface area contributed by atoms with Crippen LogP contribution in [0.5, 0.6) is 0 Å². The second-order valence-corrected chi connectivity index (χ2v) is 5.24. The van der Waals surface area contributed by atoms with Crippen molar-refractivity contribution in [3.8, 4) is 0 Å². The van der Waals surface area contributed by atoms with Gasteiger partial charge in [0.05, 0.1) is 6.26 Å². The Labute approximate surface area is 122 Å². The minimum Gasteiger partial charge on any atom is -0.469 e. The van der Waals surface area contributed by atoms with Gasteiger partial charge in [0.15, 0.2) is 0 Å². The van der Waals surface area contributed by atoms with Gasteiger partial charge in [-0.1, -0.05) is 56.5 Å². The van der Waals surface area contributed by atoms with Crippen molar-refractivity contribution in [2.24, 2.45) is 0 Å². The van der Waals surface area contributed by atoms with Crippen molar-refractivity contribution in [1.29, 1.82) is 0 Å². The Hall–Kier alpha value is -1.54. The first-order valence-electron chi connectivity index (χ1n) is 7.71. The first-order valence-corrected chi connectivity index (χ1v) is 7.71. The highest BCUT2D eigenvalue weighted by Crippen LogP contribution is 2.19. The fourth-order valence-electron chi connectivity index (χ4n) is 2.49. The molecule has 0 bridgehead atoms. The predicted molar refractivity (Wildman–Crippen MR) is 83.7 cm³/mol. The van der Waals surface area contributed by atoms with E-state index in [1.165, 1.54) is 31.2 Å². The summed E-state index contributed by atoms with van der Waals surface area (Å²) in [7, 11) is 0. The third-order valence-corrected chi connectivity index (χ3v) is 3.64. The summed E-state index contributed by atoms with van der Waals surface area (Å²) in [6.45, 7) is 3.21. The van der Waals surface area contributed by atoms with Gasteiger partial charge in [-0.15, -0.1) is 0 Å². The predicted octanol–water partition coefficient (Wildman–Crippen LogP) is 4.73. The topological polar surface area (TPSA) is 25.2 Å². The van der Waals surface area contributed by atoms with Crippen molar-refractivity contribution in [2.45, 2.75) is 45.1 Å². The minimum atomic E-state index is 0.456. The number of rotatable bonds is 9. The molecule has 0 aliphatic heterocycles. The molecule has 2 heteroatoms. The molecule has 2 aromatic rings.